The van der Waals surface area contributed by atoms with E-state index in [-0.39, 0.29) is 12.3 Å². The minimum absolute atomic E-state index is 0.103. The molecule has 0 amide bonds. The van der Waals surface area contributed by atoms with Crippen molar-refractivity contribution in [1.82, 2.24) is 9.55 Å². The van der Waals surface area contributed by atoms with Crippen LogP contribution in [0.2, 0.25) is 0 Å². The third-order valence-corrected chi connectivity index (χ3v) is 3.09. The van der Waals surface area contributed by atoms with Gasteiger partial charge in [-0.3, -0.25) is 14.3 Å². The van der Waals surface area contributed by atoms with Gasteiger partial charge in [-0.1, -0.05) is 20.8 Å². The standard InChI is InChI=1S/C12H20N2O3S.C2H6/c1-3-10(5-4-8-18)17-9(2)14-7-6-11(15)13-12(14)16;1-2/h6-7,9-10,18H,3-5,8H2,1-2H3,(H,13,15,16);1-2H3. The summed E-state index contributed by atoms with van der Waals surface area (Å²) < 4.78 is 7.20. The Hall–Kier alpha value is -1.01. The van der Waals surface area contributed by atoms with Gasteiger partial charge in [0.25, 0.3) is 5.56 Å². The lowest BCUT2D eigenvalue weighted by Gasteiger charge is -2.22. The average molecular weight is 302 g/mol. The van der Waals surface area contributed by atoms with Crippen molar-refractivity contribution in [3.8, 4) is 0 Å². The van der Waals surface area contributed by atoms with Crippen LogP contribution < -0.4 is 11.2 Å². The first kappa shape index (κ1) is 19.0. The van der Waals surface area contributed by atoms with Gasteiger partial charge in [0, 0.05) is 12.3 Å². The number of nitrogens with one attached hydrogen (secondary N) is 1. The molecule has 0 radical (unpaired) electrons. The van der Waals surface area contributed by atoms with E-state index in [4.69, 9.17) is 4.74 Å². The first-order valence-electron chi connectivity index (χ1n) is 7.16. The van der Waals surface area contributed by atoms with Crippen LogP contribution in [0, 0.1) is 0 Å². The number of aromatic nitrogens is 2. The van der Waals surface area contributed by atoms with E-state index < -0.39 is 11.2 Å². The summed E-state index contributed by atoms with van der Waals surface area (Å²) in [4.78, 5) is 24.8. The first-order chi connectivity index (χ1) is 9.58. The highest BCUT2D eigenvalue weighted by atomic mass is 32.1. The van der Waals surface area contributed by atoms with Gasteiger partial charge in [0.15, 0.2) is 0 Å². The summed E-state index contributed by atoms with van der Waals surface area (Å²) in [5.41, 5.74) is -0.843. The van der Waals surface area contributed by atoms with Gasteiger partial charge < -0.3 is 4.74 Å². The molecule has 0 aliphatic heterocycles. The molecule has 20 heavy (non-hydrogen) atoms. The topological polar surface area (TPSA) is 64.1 Å². The molecule has 0 saturated heterocycles. The lowest BCUT2D eigenvalue weighted by atomic mass is 10.1. The van der Waals surface area contributed by atoms with Crippen molar-refractivity contribution in [2.24, 2.45) is 0 Å². The van der Waals surface area contributed by atoms with Crippen molar-refractivity contribution in [2.45, 2.75) is 59.3 Å². The van der Waals surface area contributed by atoms with Gasteiger partial charge >= 0.3 is 5.69 Å². The zero-order valence-corrected chi connectivity index (χ0v) is 13.7. The lowest BCUT2D eigenvalue weighted by molar-refractivity contribution is -0.0502. The molecule has 0 aliphatic rings. The normalized spacial score (nSPS) is 13.2. The third-order valence-electron chi connectivity index (χ3n) is 2.77. The van der Waals surface area contributed by atoms with Crippen LogP contribution in [-0.2, 0) is 4.74 Å². The highest BCUT2D eigenvalue weighted by Gasteiger charge is 2.13. The Bertz CT molecular complexity index is 470. The van der Waals surface area contributed by atoms with E-state index in [9.17, 15) is 9.59 Å². The van der Waals surface area contributed by atoms with E-state index in [0.717, 1.165) is 25.0 Å². The number of hydrogen-bond acceptors (Lipinski definition) is 4. The monoisotopic (exact) mass is 302 g/mol. The van der Waals surface area contributed by atoms with Crippen molar-refractivity contribution in [1.29, 1.82) is 0 Å². The molecule has 1 aromatic heterocycles. The fourth-order valence-corrected chi connectivity index (χ4v) is 1.93. The molecule has 6 heteroatoms. The van der Waals surface area contributed by atoms with E-state index in [0.29, 0.717) is 0 Å². The molecule has 0 aliphatic carbocycles. The molecule has 1 aromatic rings. The van der Waals surface area contributed by atoms with Gasteiger partial charge in [-0.05, 0) is 31.9 Å². The third kappa shape index (κ3) is 6.43. The molecule has 2 unspecified atom stereocenters. The lowest BCUT2D eigenvalue weighted by Crippen LogP contribution is -2.32. The molecule has 2 atom stereocenters. The molecule has 0 aromatic carbocycles. The minimum atomic E-state index is -0.445. The van der Waals surface area contributed by atoms with E-state index in [1.165, 1.54) is 16.8 Å². The number of rotatable bonds is 7. The molecule has 0 bridgehead atoms. The van der Waals surface area contributed by atoms with Crippen molar-refractivity contribution >= 4 is 12.6 Å². The highest BCUT2D eigenvalue weighted by molar-refractivity contribution is 7.80. The van der Waals surface area contributed by atoms with Gasteiger partial charge in [0.2, 0.25) is 0 Å². The van der Waals surface area contributed by atoms with Crippen LogP contribution in [0.25, 0.3) is 0 Å². The molecular weight excluding hydrogens is 276 g/mol. The number of nitrogens with zero attached hydrogens (tertiary/aromatic N) is 1. The summed E-state index contributed by atoms with van der Waals surface area (Å²) in [6, 6.07) is 1.32. The van der Waals surface area contributed by atoms with E-state index >= 15 is 0 Å². The Morgan fingerprint density at radius 1 is 1.40 bits per heavy atom. The maximum Gasteiger partial charge on any atom is 0.330 e. The van der Waals surface area contributed by atoms with Crippen molar-refractivity contribution < 1.29 is 4.74 Å². The second-order valence-corrected chi connectivity index (χ2v) is 4.60. The number of ether oxygens (including phenoxy) is 1. The number of aromatic amines is 1. The fraction of sp³-hybridized carbons (Fsp3) is 0.714. The molecule has 1 N–H and O–H groups in total. The highest BCUT2D eigenvalue weighted by Crippen LogP contribution is 2.14. The number of hydrogen-bond donors (Lipinski definition) is 2. The van der Waals surface area contributed by atoms with E-state index in [1.807, 2.05) is 20.8 Å². The molecule has 0 saturated carbocycles. The van der Waals surface area contributed by atoms with Crippen LogP contribution in [0.15, 0.2) is 21.9 Å². The molecular formula is C14H26N2O3S. The predicted molar refractivity (Wildman–Crippen MR) is 85.6 cm³/mol. The summed E-state index contributed by atoms with van der Waals surface area (Å²) in [6.07, 6.45) is 3.95. The maximum atomic E-state index is 11.6. The smallest absolute Gasteiger partial charge is 0.330 e. The Morgan fingerprint density at radius 2 is 2.05 bits per heavy atom. The largest absolute Gasteiger partial charge is 0.355 e. The van der Waals surface area contributed by atoms with E-state index in [1.54, 1.807) is 6.92 Å². The summed E-state index contributed by atoms with van der Waals surface area (Å²) in [5.74, 6) is 0.826. The molecule has 5 nitrogen and oxygen atoms in total. The Morgan fingerprint density at radius 3 is 2.55 bits per heavy atom. The second-order valence-electron chi connectivity index (χ2n) is 4.15. The Balaban J connectivity index is 0.00000172. The quantitative estimate of drug-likeness (QED) is 0.761. The van der Waals surface area contributed by atoms with Crippen molar-refractivity contribution in [3.63, 3.8) is 0 Å². The van der Waals surface area contributed by atoms with Gasteiger partial charge in [-0.25, -0.2) is 4.79 Å². The maximum absolute atomic E-state index is 11.6. The first-order valence-corrected chi connectivity index (χ1v) is 7.79. The van der Waals surface area contributed by atoms with E-state index in [2.05, 4.69) is 17.6 Å². The predicted octanol–water partition coefficient (Wildman–Crippen LogP) is 2.59. The SMILES string of the molecule is CC.CCC(CCCS)OC(C)n1ccc(=O)[nH]c1=O. The molecule has 0 spiro atoms. The molecule has 116 valence electrons. The zero-order chi connectivity index (χ0) is 15.5. The average Bonchev–Trinajstić information content (AvgIpc) is 2.45. The summed E-state index contributed by atoms with van der Waals surface area (Å²) >= 11 is 4.17. The summed E-state index contributed by atoms with van der Waals surface area (Å²) in [5, 5.41) is 0. The number of H-pyrrole nitrogens is 1. The van der Waals surface area contributed by atoms with Crippen LogP contribution in [-0.4, -0.2) is 21.4 Å². The van der Waals surface area contributed by atoms with Crippen LogP contribution in [0.4, 0.5) is 0 Å². The molecule has 1 rings (SSSR count). The van der Waals surface area contributed by atoms with Crippen LogP contribution in [0.5, 0.6) is 0 Å². The summed E-state index contributed by atoms with van der Waals surface area (Å²) in [7, 11) is 0. The second kappa shape index (κ2) is 10.7. The van der Waals surface area contributed by atoms with Gasteiger partial charge in [-0.2, -0.15) is 12.6 Å². The Kier molecular flexibility index (Phi) is 10.2. The Labute approximate surface area is 125 Å². The molecule has 1 heterocycles. The zero-order valence-electron chi connectivity index (χ0n) is 12.8. The van der Waals surface area contributed by atoms with Gasteiger partial charge in [0.1, 0.15) is 6.23 Å². The van der Waals surface area contributed by atoms with Crippen molar-refractivity contribution in [2.75, 3.05) is 5.75 Å². The summed E-state index contributed by atoms with van der Waals surface area (Å²) in [6.45, 7) is 7.84. The van der Waals surface area contributed by atoms with Crippen LogP contribution >= 0.6 is 12.6 Å². The van der Waals surface area contributed by atoms with Gasteiger partial charge in [-0.15, -0.1) is 0 Å². The molecule has 0 fully saturated rings. The van der Waals surface area contributed by atoms with Crippen LogP contribution in [0.1, 0.15) is 53.2 Å². The van der Waals surface area contributed by atoms with Crippen LogP contribution in [0.3, 0.4) is 0 Å². The minimum Gasteiger partial charge on any atom is -0.355 e. The number of thiol groups is 1. The fourth-order valence-electron chi connectivity index (χ4n) is 1.75. The van der Waals surface area contributed by atoms with Gasteiger partial charge in [0.05, 0.1) is 6.10 Å². The van der Waals surface area contributed by atoms with Crippen molar-refractivity contribution in [3.05, 3.63) is 33.1 Å².